The van der Waals surface area contributed by atoms with Crippen LogP contribution in [0, 0.1) is 6.92 Å². The van der Waals surface area contributed by atoms with Crippen LogP contribution >= 0.6 is 0 Å². The molecule has 0 aliphatic carbocycles. The van der Waals surface area contributed by atoms with Crippen molar-refractivity contribution in [3.8, 4) is 5.75 Å². The zero-order valence-corrected chi connectivity index (χ0v) is 20.0. The van der Waals surface area contributed by atoms with E-state index in [0.717, 1.165) is 22.4 Å². The lowest BCUT2D eigenvalue weighted by atomic mass is 9.99. The van der Waals surface area contributed by atoms with Crippen molar-refractivity contribution in [2.24, 2.45) is 0 Å². The molecule has 0 radical (unpaired) electrons. The molecule has 158 valence electrons. The van der Waals surface area contributed by atoms with Crippen molar-refractivity contribution in [3.63, 3.8) is 0 Å². The van der Waals surface area contributed by atoms with Crippen LogP contribution in [0.15, 0.2) is 77.7 Å². The molecule has 3 rings (SSSR count). The van der Waals surface area contributed by atoms with Gasteiger partial charge >= 0.3 is 0 Å². The number of methoxy groups -OCH3 is 1. The van der Waals surface area contributed by atoms with Gasteiger partial charge in [-0.15, -0.1) is 0 Å². The highest BCUT2D eigenvalue weighted by Crippen LogP contribution is 2.27. The zero-order valence-electron chi connectivity index (χ0n) is 18.1. The first-order valence-corrected chi connectivity index (χ1v) is 14.9. The summed E-state index contributed by atoms with van der Waals surface area (Å²) >= 11 is 0. The molecule has 0 aliphatic rings. The van der Waals surface area contributed by atoms with Gasteiger partial charge in [-0.25, -0.2) is 8.42 Å². The van der Waals surface area contributed by atoms with Gasteiger partial charge in [-0.2, -0.15) is 4.72 Å². The van der Waals surface area contributed by atoms with Gasteiger partial charge in [-0.05, 0) is 42.3 Å². The summed E-state index contributed by atoms with van der Waals surface area (Å²) in [5.74, 6) is 0.734. The minimum absolute atomic E-state index is 0.261. The highest BCUT2D eigenvalue weighted by atomic mass is 32.2. The van der Waals surface area contributed by atoms with Gasteiger partial charge in [-0.3, -0.25) is 0 Å². The van der Waals surface area contributed by atoms with E-state index in [1.54, 1.807) is 19.2 Å². The van der Waals surface area contributed by atoms with Crippen molar-refractivity contribution in [2.75, 3.05) is 7.11 Å². The van der Waals surface area contributed by atoms with Crippen LogP contribution in [0.5, 0.6) is 5.75 Å². The van der Waals surface area contributed by atoms with Gasteiger partial charge in [0.1, 0.15) is 5.75 Å². The van der Waals surface area contributed by atoms with E-state index in [1.807, 2.05) is 61.5 Å². The van der Waals surface area contributed by atoms with Crippen molar-refractivity contribution in [3.05, 3.63) is 89.5 Å². The lowest BCUT2D eigenvalue weighted by Crippen LogP contribution is -2.43. The van der Waals surface area contributed by atoms with Gasteiger partial charge in [-0.1, -0.05) is 78.9 Å². The van der Waals surface area contributed by atoms with Crippen LogP contribution in [-0.4, -0.2) is 23.6 Å². The van der Waals surface area contributed by atoms with Crippen LogP contribution in [0.4, 0.5) is 0 Å². The molecule has 6 heteroatoms. The second-order valence-corrected chi connectivity index (χ2v) is 15.2. The number of benzene rings is 3. The fraction of sp³-hybridized carbons (Fsp3) is 0.250. The van der Waals surface area contributed by atoms with Gasteiger partial charge in [0, 0.05) is 0 Å². The van der Waals surface area contributed by atoms with Crippen LogP contribution < -0.4 is 14.6 Å². The van der Waals surface area contributed by atoms with Crippen LogP contribution in [0.2, 0.25) is 19.6 Å². The Hall–Kier alpha value is -2.41. The summed E-state index contributed by atoms with van der Waals surface area (Å²) in [6.45, 7) is 8.75. The molecule has 0 saturated heterocycles. The molecule has 1 N–H and O–H groups in total. The number of rotatable bonds is 7. The Bertz CT molecular complexity index is 1100. The summed E-state index contributed by atoms with van der Waals surface area (Å²) in [5, 5.41) is 1.23. The number of aryl methyl sites for hydroxylation is 1. The first-order valence-electron chi connectivity index (χ1n) is 9.94. The van der Waals surface area contributed by atoms with Crippen molar-refractivity contribution in [1.82, 2.24) is 4.72 Å². The highest BCUT2D eigenvalue weighted by molar-refractivity contribution is 7.89. The van der Waals surface area contributed by atoms with E-state index >= 15 is 0 Å². The number of hydrogen-bond acceptors (Lipinski definition) is 3. The van der Waals surface area contributed by atoms with Crippen LogP contribution in [0.1, 0.15) is 22.7 Å². The SMILES string of the molecule is COc1ccc(C(NS(=O)(=O)c2ccc(C)cc2)c2ccccc2[Si](C)(C)C)cc1. The average Bonchev–Trinajstić information content (AvgIpc) is 2.72. The predicted octanol–water partition coefficient (Wildman–Crippen LogP) is 4.62. The third-order valence-corrected chi connectivity index (χ3v) is 8.64. The molecular weight excluding hydrogens is 410 g/mol. The summed E-state index contributed by atoms with van der Waals surface area (Å²) < 4.78 is 34.8. The fourth-order valence-corrected chi connectivity index (χ4v) is 6.37. The van der Waals surface area contributed by atoms with E-state index in [9.17, 15) is 8.42 Å². The molecule has 0 fully saturated rings. The fourth-order valence-electron chi connectivity index (χ4n) is 3.48. The summed E-state index contributed by atoms with van der Waals surface area (Å²) in [5.41, 5.74) is 2.89. The summed E-state index contributed by atoms with van der Waals surface area (Å²) in [6, 6.07) is 22.1. The van der Waals surface area contributed by atoms with E-state index in [2.05, 4.69) is 30.4 Å². The van der Waals surface area contributed by atoms with Gasteiger partial charge in [0.2, 0.25) is 10.0 Å². The number of sulfonamides is 1. The summed E-state index contributed by atoms with van der Waals surface area (Å²) in [7, 11) is -3.81. The normalized spacial score (nSPS) is 13.1. The Morgan fingerprint density at radius 1 is 0.867 bits per heavy atom. The van der Waals surface area contributed by atoms with Crippen LogP contribution in [0.3, 0.4) is 0 Å². The molecule has 3 aromatic rings. The van der Waals surface area contributed by atoms with E-state index in [0.29, 0.717) is 0 Å². The second kappa shape index (κ2) is 8.76. The molecule has 30 heavy (non-hydrogen) atoms. The maximum Gasteiger partial charge on any atom is 0.241 e. The van der Waals surface area contributed by atoms with E-state index < -0.39 is 24.1 Å². The molecule has 1 atom stereocenters. The van der Waals surface area contributed by atoms with Crippen molar-refractivity contribution in [1.29, 1.82) is 0 Å². The predicted molar refractivity (Wildman–Crippen MR) is 126 cm³/mol. The largest absolute Gasteiger partial charge is 0.497 e. The molecule has 0 amide bonds. The third kappa shape index (κ3) is 5.01. The molecule has 0 aromatic heterocycles. The van der Waals surface area contributed by atoms with E-state index in [1.165, 1.54) is 5.19 Å². The second-order valence-electron chi connectivity index (χ2n) is 8.48. The van der Waals surface area contributed by atoms with E-state index in [-0.39, 0.29) is 4.90 Å². The molecule has 4 nitrogen and oxygen atoms in total. The molecule has 0 saturated carbocycles. The number of ether oxygens (including phenoxy) is 1. The zero-order chi connectivity index (χ0) is 21.9. The Kier molecular flexibility index (Phi) is 6.50. The van der Waals surface area contributed by atoms with Crippen molar-refractivity contribution in [2.45, 2.75) is 37.5 Å². The average molecular weight is 440 g/mol. The van der Waals surface area contributed by atoms with Gasteiger partial charge in [0.25, 0.3) is 0 Å². The summed E-state index contributed by atoms with van der Waals surface area (Å²) in [4.78, 5) is 0.261. The number of hydrogen-bond donors (Lipinski definition) is 1. The van der Waals surface area contributed by atoms with Crippen molar-refractivity contribution < 1.29 is 13.2 Å². The third-order valence-electron chi connectivity index (χ3n) is 5.13. The van der Waals surface area contributed by atoms with Crippen molar-refractivity contribution >= 4 is 23.3 Å². The molecular formula is C24H29NO3SSi. The first-order chi connectivity index (χ1) is 14.1. The lowest BCUT2D eigenvalue weighted by molar-refractivity contribution is 0.414. The van der Waals surface area contributed by atoms with Crippen LogP contribution in [0.25, 0.3) is 0 Å². The van der Waals surface area contributed by atoms with Gasteiger partial charge in [0.15, 0.2) is 0 Å². The highest BCUT2D eigenvalue weighted by Gasteiger charge is 2.28. The van der Waals surface area contributed by atoms with Gasteiger partial charge in [0.05, 0.1) is 26.1 Å². The topological polar surface area (TPSA) is 55.4 Å². The van der Waals surface area contributed by atoms with E-state index in [4.69, 9.17) is 4.74 Å². The number of nitrogens with one attached hydrogen (secondary N) is 1. The maximum absolute atomic E-state index is 13.3. The molecule has 3 aromatic carbocycles. The van der Waals surface area contributed by atoms with Crippen LogP contribution in [-0.2, 0) is 10.0 Å². The molecule has 0 spiro atoms. The summed E-state index contributed by atoms with van der Waals surface area (Å²) in [6.07, 6.45) is 0. The molecule has 0 heterocycles. The molecule has 1 unspecified atom stereocenters. The lowest BCUT2D eigenvalue weighted by Gasteiger charge is -2.27. The Morgan fingerprint density at radius 3 is 2.03 bits per heavy atom. The molecule has 0 bridgehead atoms. The van der Waals surface area contributed by atoms with Gasteiger partial charge < -0.3 is 4.74 Å². The minimum atomic E-state index is -3.72. The smallest absolute Gasteiger partial charge is 0.241 e. The Labute approximate surface area is 181 Å². The Balaban J connectivity index is 2.12. The first kappa shape index (κ1) is 22.3. The standard InChI is InChI=1S/C24H29NO3SSi/c1-18-10-16-21(17-11-18)29(26,27)25-24(19-12-14-20(28-2)15-13-19)22-8-6-7-9-23(22)30(3,4)5/h6-17,24-25H,1-5H3. The quantitative estimate of drug-likeness (QED) is 0.547. The molecule has 0 aliphatic heterocycles. The minimum Gasteiger partial charge on any atom is -0.497 e. The Morgan fingerprint density at radius 2 is 1.47 bits per heavy atom. The maximum atomic E-state index is 13.3. The monoisotopic (exact) mass is 439 g/mol.